The quantitative estimate of drug-likeness (QED) is 0.815. The lowest BCUT2D eigenvalue weighted by molar-refractivity contribution is 0.00211. The monoisotopic (exact) mass is 346 g/mol. The van der Waals surface area contributed by atoms with Gasteiger partial charge in [-0.3, -0.25) is 4.79 Å². The first-order chi connectivity index (χ1) is 12.2. The molecule has 0 spiro atoms. The minimum Gasteiger partial charge on any atom is -0.376 e. The van der Waals surface area contributed by atoms with Crippen LogP contribution < -0.4 is 4.90 Å². The maximum atomic E-state index is 12.9. The first-order valence-corrected chi connectivity index (χ1v) is 9.48. The Labute approximate surface area is 150 Å². The molecule has 1 aromatic rings. The number of amides is 1. The molecule has 0 unspecified atom stereocenters. The summed E-state index contributed by atoms with van der Waals surface area (Å²) >= 11 is 0. The minimum atomic E-state index is 0.0996. The molecule has 2 saturated heterocycles. The van der Waals surface area contributed by atoms with E-state index in [2.05, 4.69) is 28.8 Å². The summed E-state index contributed by atoms with van der Waals surface area (Å²) in [7, 11) is 2.14. The smallest absolute Gasteiger partial charge is 0.254 e. The lowest BCUT2D eigenvalue weighted by Crippen LogP contribution is -2.45. The Morgan fingerprint density at radius 3 is 2.84 bits per heavy atom. The van der Waals surface area contributed by atoms with Gasteiger partial charge in [-0.05, 0) is 38.4 Å². The number of likely N-dealkylation sites (tertiary alicyclic amines) is 1. The number of hydrogen-bond acceptors (Lipinski definition) is 5. The highest BCUT2D eigenvalue weighted by atomic mass is 16.5. The standard InChI is InChI=1S/C19H30N4O2/c1-3-13-25-17-5-4-8-23(15-17)19(24)16-6-7-20-18(14-16)22-11-9-21(2)10-12-22/h6-7,14,17H,3-5,8-13,15H2,1-2H3/t17-/m0/s1. The number of carbonyl (C=O) groups is 1. The molecule has 2 aliphatic heterocycles. The summed E-state index contributed by atoms with van der Waals surface area (Å²) in [6.45, 7) is 8.38. The SMILES string of the molecule is CCCO[C@H]1CCCN(C(=O)c2ccnc(N3CCN(C)CC3)c2)C1. The molecule has 0 aromatic carbocycles. The number of carbonyl (C=O) groups excluding carboxylic acids is 1. The van der Waals surface area contributed by atoms with Crippen LogP contribution in [0, 0.1) is 0 Å². The van der Waals surface area contributed by atoms with E-state index in [0.717, 1.165) is 70.0 Å². The van der Waals surface area contributed by atoms with E-state index in [9.17, 15) is 4.79 Å². The van der Waals surface area contributed by atoms with Crippen LogP contribution in [0.5, 0.6) is 0 Å². The number of piperazine rings is 1. The van der Waals surface area contributed by atoms with Gasteiger partial charge in [0.15, 0.2) is 0 Å². The van der Waals surface area contributed by atoms with Crippen molar-refractivity contribution < 1.29 is 9.53 Å². The third-order valence-corrected chi connectivity index (χ3v) is 5.04. The van der Waals surface area contributed by atoms with Gasteiger partial charge in [-0.25, -0.2) is 4.98 Å². The van der Waals surface area contributed by atoms with Crippen LogP contribution >= 0.6 is 0 Å². The third-order valence-electron chi connectivity index (χ3n) is 5.04. The van der Waals surface area contributed by atoms with Gasteiger partial charge in [-0.15, -0.1) is 0 Å². The predicted octanol–water partition coefficient (Wildman–Crippen LogP) is 1.86. The van der Waals surface area contributed by atoms with Gasteiger partial charge >= 0.3 is 0 Å². The van der Waals surface area contributed by atoms with Gasteiger partial charge < -0.3 is 19.4 Å². The molecule has 2 fully saturated rings. The Balaban J connectivity index is 1.64. The van der Waals surface area contributed by atoms with Crippen molar-refractivity contribution in [3.63, 3.8) is 0 Å². The first kappa shape index (κ1) is 18.1. The molecule has 6 nitrogen and oxygen atoms in total. The van der Waals surface area contributed by atoms with Gasteiger partial charge in [0.1, 0.15) is 5.82 Å². The molecule has 1 atom stereocenters. The second-order valence-corrected chi connectivity index (χ2v) is 7.08. The average molecular weight is 346 g/mol. The number of pyridine rings is 1. The Morgan fingerprint density at radius 2 is 2.08 bits per heavy atom. The van der Waals surface area contributed by atoms with Crippen LogP contribution in [-0.4, -0.2) is 79.7 Å². The van der Waals surface area contributed by atoms with Gasteiger partial charge in [0.2, 0.25) is 0 Å². The van der Waals surface area contributed by atoms with Crippen LogP contribution in [0.3, 0.4) is 0 Å². The first-order valence-electron chi connectivity index (χ1n) is 9.48. The Bertz CT molecular complexity index is 572. The highest BCUT2D eigenvalue weighted by Crippen LogP contribution is 2.19. The number of anilines is 1. The molecule has 1 aromatic heterocycles. The van der Waals surface area contributed by atoms with E-state index in [-0.39, 0.29) is 12.0 Å². The van der Waals surface area contributed by atoms with Gasteiger partial charge in [0.25, 0.3) is 5.91 Å². The van der Waals surface area contributed by atoms with Crippen molar-refractivity contribution in [2.45, 2.75) is 32.3 Å². The second-order valence-electron chi connectivity index (χ2n) is 7.08. The molecule has 3 rings (SSSR count). The molecule has 0 N–H and O–H groups in total. The average Bonchev–Trinajstić information content (AvgIpc) is 2.66. The molecule has 1 amide bonds. The Hall–Kier alpha value is -1.66. The zero-order valence-corrected chi connectivity index (χ0v) is 15.5. The summed E-state index contributed by atoms with van der Waals surface area (Å²) in [5, 5.41) is 0. The van der Waals surface area contributed by atoms with Crippen LogP contribution in [0.15, 0.2) is 18.3 Å². The van der Waals surface area contributed by atoms with Crippen LogP contribution in [0.1, 0.15) is 36.5 Å². The molecule has 0 radical (unpaired) electrons. The van der Waals surface area contributed by atoms with Gasteiger partial charge in [0, 0.05) is 57.6 Å². The zero-order valence-electron chi connectivity index (χ0n) is 15.5. The van der Waals surface area contributed by atoms with E-state index in [4.69, 9.17) is 4.74 Å². The maximum Gasteiger partial charge on any atom is 0.254 e. The van der Waals surface area contributed by atoms with Crippen LogP contribution in [0.25, 0.3) is 0 Å². The molecule has 0 saturated carbocycles. The number of hydrogen-bond donors (Lipinski definition) is 0. The van der Waals surface area contributed by atoms with Crippen LogP contribution in [0.2, 0.25) is 0 Å². The number of aromatic nitrogens is 1. The maximum absolute atomic E-state index is 12.9. The summed E-state index contributed by atoms with van der Waals surface area (Å²) in [5.74, 6) is 1.01. The minimum absolute atomic E-state index is 0.0996. The highest BCUT2D eigenvalue weighted by molar-refractivity contribution is 5.95. The Kier molecular flexibility index (Phi) is 6.26. The lowest BCUT2D eigenvalue weighted by atomic mass is 10.1. The zero-order chi connectivity index (χ0) is 17.6. The van der Waals surface area contributed by atoms with Crippen molar-refractivity contribution in [2.75, 3.05) is 57.8 Å². The third kappa shape index (κ3) is 4.70. The van der Waals surface area contributed by atoms with Gasteiger partial charge in [-0.2, -0.15) is 0 Å². The number of ether oxygens (including phenoxy) is 1. The van der Waals surface area contributed by atoms with E-state index >= 15 is 0 Å². The van der Waals surface area contributed by atoms with Crippen LogP contribution in [-0.2, 0) is 4.74 Å². The number of piperidine rings is 1. The molecule has 25 heavy (non-hydrogen) atoms. The summed E-state index contributed by atoms with van der Waals surface area (Å²) in [4.78, 5) is 23.9. The molecular weight excluding hydrogens is 316 g/mol. The summed E-state index contributed by atoms with van der Waals surface area (Å²) in [6.07, 6.45) is 5.01. The van der Waals surface area contributed by atoms with Crippen molar-refractivity contribution in [2.24, 2.45) is 0 Å². The molecule has 0 aliphatic carbocycles. The van der Waals surface area contributed by atoms with Gasteiger partial charge in [0.05, 0.1) is 6.10 Å². The van der Waals surface area contributed by atoms with Gasteiger partial charge in [-0.1, -0.05) is 6.92 Å². The fraction of sp³-hybridized carbons (Fsp3) is 0.684. The topological polar surface area (TPSA) is 48.9 Å². The van der Waals surface area contributed by atoms with E-state index < -0.39 is 0 Å². The van der Waals surface area contributed by atoms with Crippen LogP contribution in [0.4, 0.5) is 5.82 Å². The predicted molar refractivity (Wildman–Crippen MR) is 99.1 cm³/mol. The van der Waals surface area contributed by atoms with E-state index in [0.29, 0.717) is 6.54 Å². The van der Waals surface area contributed by atoms with Crippen molar-refractivity contribution in [3.05, 3.63) is 23.9 Å². The highest BCUT2D eigenvalue weighted by Gasteiger charge is 2.25. The second kappa shape index (κ2) is 8.63. The fourth-order valence-corrected chi connectivity index (χ4v) is 3.49. The van der Waals surface area contributed by atoms with E-state index in [1.807, 2.05) is 17.0 Å². The molecule has 2 aliphatic rings. The number of nitrogens with zero attached hydrogens (tertiary/aromatic N) is 4. The van der Waals surface area contributed by atoms with Crippen molar-refractivity contribution in [1.29, 1.82) is 0 Å². The molecular formula is C19H30N4O2. The van der Waals surface area contributed by atoms with E-state index in [1.165, 1.54) is 0 Å². The fourth-order valence-electron chi connectivity index (χ4n) is 3.49. The van der Waals surface area contributed by atoms with E-state index in [1.54, 1.807) is 6.20 Å². The normalized spacial score (nSPS) is 22.2. The molecule has 6 heteroatoms. The number of likely N-dealkylation sites (N-methyl/N-ethyl adjacent to an activating group) is 1. The van der Waals surface area contributed by atoms with Crippen molar-refractivity contribution >= 4 is 11.7 Å². The van der Waals surface area contributed by atoms with Crippen molar-refractivity contribution in [3.8, 4) is 0 Å². The molecule has 138 valence electrons. The van der Waals surface area contributed by atoms with Crippen molar-refractivity contribution in [1.82, 2.24) is 14.8 Å². The summed E-state index contributed by atoms with van der Waals surface area (Å²) in [5.41, 5.74) is 0.736. The number of rotatable bonds is 5. The molecule has 0 bridgehead atoms. The molecule has 3 heterocycles. The lowest BCUT2D eigenvalue weighted by Gasteiger charge is -2.34. The Morgan fingerprint density at radius 1 is 1.28 bits per heavy atom. The largest absolute Gasteiger partial charge is 0.376 e. The summed E-state index contributed by atoms with van der Waals surface area (Å²) < 4.78 is 5.86. The summed E-state index contributed by atoms with van der Waals surface area (Å²) in [6, 6.07) is 3.78.